The third-order valence-corrected chi connectivity index (χ3v) is 2.21. The molecule has 0 saturated heterocycles. The molecule has 1 atom stereocenters. The summed E-state index contributed by atoms with van der Waals surface area (Å²) in [6.07, 6.45) is 4.75. The van der Waals surface area contributed by atoms with Gasteiger partial charge < -0.3 is 10.2 Å². The van der Waals surface area contributed by atoms with Gasteiger partial charge in [0, 0.05) is 0 Å². The second-order valence-corrected chi connectivity index (χ2v) is 3.38. The monoisotopic (exact) mass is 217 g/mol. The number of nitrogens with two attached hydrogens (primary N) is 2. The summed E-state index contributed by atoms with van der Waals surface area (Å²) in [7, 11) is 1.90. The minimum Gasteiger partial charge on any atom is -0.320 e. The minimum atomic E-state index is -0.0486. The Balaban J connectivity index is 4.25. The van der Waals surface area contributed by atoms with Crippen molar-refractivity contribution >= 4 is 0 Å². The molecule has 0 aromatic heterocycles. The first kappa shape index (κ1) is 14.5. The molecule has 0 heterocycles. The molecule has 0 fully saturated rings. The maximum Gasteiger partial charge on any atom is 0.101 e. The zero-order valence-corrected chi connectivity index (χ0v) is 9.66. The van der Waals surface area contributed by atoms with Gasteiger partial charge in [0.1, 0.15) is 6.10 Å². The quantitative estimate of drug-likeness (QED) is 0.386. The molecule has 0 radical (unpaired) electrons. The molecule has 5 N–H and O–H groups in total. The van der Waals surface area contributed by atoms with Gasteiger partial charge in [-0.1, -0.05) is 19.4 Å². The van der Waals surface area contributed by atoms with Gasteiger partial charge in [0.15, 0.2) is 0 Å². The lowest BCUT2D eigenvalue weighted by atomic mass is 10.0. The van der Waals surface area contributed by atoms with Crippen molar-refractivity contribution in [3.05, 3.63) is 11.6 Å². The third-order valence-electron chi connectivity index (χ3n) is 2.21. The maximum absolute atomic E-state index is 5.28. The minimum absolute atomic E-state index is 0.0486. The summed E-state index contributed by atoms with van der Waals surface area (Å²) in [5.41, 5.74) is 1.15. The Bertz CT molecular complexity index is 174. The fourth-order valence-corrected chi connectivity index (χ4v) is 1.45. The van der Waals surface area contributed by atoms with Crippen molar-refractivity contribution in [3.63, 3.8) is 0 Å². The van der Waals surface area contributed by atoms with E-state index in [9.17, 15) is 0 Å². The molecular formula is C10H23N3O2. The zero-order chi connectivity index (χ0) is 11.5. The van der Waals surface area contributed by atoms with Crippen LogP contribution in [0.5, 0.6) is 0 Å². The second-order valence-electron chi connectivity index (χ2n) is 3.38. The molecule has 0 saturated carbocycles. The standard InChI is InChI=1S/C10H23N3O2/c1-3-4-9(6-8-14-11)10(15-12)5-7-13-2/h6,10,13H,3-5,7-8,11-12H2,1-2H3/b9-6-. The van der Waals surface area contributed by atoms with Gasteiger partial charge in [-0.25, -0.2) is 11.8 Å². The fraction of sp³-hybridized carbons (Fsp3) is 0.800. The van der Waals surface area contributed by atoms with E-state index in [1.807, 2.05) is 13.1 Å². The second kappa shape index (κ2) is 10.1. The van der Waals surface area contributed by atoms with Crippen molar-refractivity contribution in [3.8, 4) is 0 Å². The lowest BCUT2D eigenvalue weighted by molar-refractivity contribution is 0.0692. The molecule has 15 heavy (non-hydrogen) atoms. The van der Waals surface area contributed by atoms with Crippen LogP contribution in [0.15, 0.2) is 11.6 Å². The first-order valence-corrected chi connectivity index (χ1v) is 5.30. The van der Waals surface area contributed by atoms with Crippen molar-refractivity contribution in [2.24, 2.45) is 11.8 Å². The van der Waals surface area contributed by atoms with Crippen molar-refractivity contribution in [2.45, 2.75) is 32.3 Å². The van der Waals surface area contributed by atoms with Crippen LogP contribution in [0.2, 0.25) is 0 Å². The molecular weight excluding hydrogens is 194 g/mol. The van der Waals surface area contributed by atoms with E-state index >= 15 is 0 Å². The van der Waals surface area contributed by atoms with Gasteiger partial charge in [-0.05, 0) is 32.0 Å². The van der Waals surface area contributed by atoms with Gasteiger partial charge in [-0.3, -0.25) is 4.84 Å². The van der Waals surface area contributed by atoms with Gasteiger partial charge in [0.05, 0.1) is 6.61 Å². The Hall–Kier alpha value is -0.460. The number of hydrogen-bond donors (Lipinski definition) is 3. The molecule has 0 aliphatic carbocycles. The average Bonchev–Trinajstić information content (AvgIpc) is 2.26. The molecule has 0 bridgehead atoms. The molecule has 0 rings (SSSR count). The Morgan fingerprint density at radius 3 is 2.67 bits per heavy atom. The van der Waals surface area contributed by atoms with Crippen LogP contribution in [0.3, 0.4) is 0 Å². The summed E-state index contributed by atoms with van der Waals surface area (Å²) in [6, 6.07) is 0. The Labute approximate surface area is 91.7 Å². The summed E-state index contributed by atoms with van der Waals surface area (Å²) in [4.78, 5) is 9.49. The van der Waals surface area contributed by atoms with Gasteiger partial charge >= 0.3 is 0 Å². The molecule has 0 amide bonds. The molecule has 0 spiro atoms. The number of nitrogens with one attached hydrogen (secondary N) is 1. The molecule has 0 aromatic rings. The summed E-state index contributed by atoms with van der Waals surface area (Å²) >= 11 is 0. The predicted octanol–water partition coefficient (Wildman–Crippen LogP) is 0.472. The van der Waals surface area contributed by atoms with Crippen LogP contribution in [0, 0.1) is 0 Å². The number of hydrogen-bond acceptors (Lipinski definition) is 5. The Morgan fingerprint density at radius 1 is 1.47 bits per heavy atom. The first-order chi connectivity index (χ1) is 7.29. The normalized spacial score (nSPS) is 14.3. The van der Waals surface area contributed by atoms with E-state index in [-0.39, 0.29) is 6.10 Å². The summed E-state index contributed by atoms with van der Waals surface area (Å²) < 4.78 is 0. The third kappa shape index (κ3) is 6.59. The molecule has 1 unspecified atom stereocenters. The van der Waals surface area contributed by atoms with E-state index in [4.69, 9.17) is 16.6 Å². The topological polar surface area (TPSA) is 82.5 Å². The summed E-state index contributed by atoms with van der Waals surface area (Å²) in [6.45, 7) is 3.38. The predicted molar refractivity (Wildman–Crippen MR) is 60.7 cm³/mol. The van der Waals surface area contributed by atoms with Crippen molar-refractivity contribution < 1.29 is 9.68 Å². The van der Waals surface area contributed by atoms with Gasteiger partial charge in [-0.15, -0.1) is 0 Å². The van der Waals surface area contributed by atoms with Crippen LogP contribution < -0.4 is 17.1 Å². The lowest BCUT2D eigenvalue weighted by Crippen LogP contribution is -2.25. The largest absolute Gasteiger partial charge is 0.320 e. The van der Waals surface area contributed by atoms with Crippen LogP contribution >= 0.6 is 0 Å². The van der Waals surface area contributed by atoms with E-state index in [0.717, 1.165) is 31.4 Å². The van der Waals surface area contributed by atoms with E-state index in [1.165, 1.54) is 0 Å². The van der Waals surface area contributed by atoms with Gasteiger partial charge in [-0.2, -0.15) is 0 Å². The lowest BCUT2D eigenvalue weighted by Gasteiger charge is -2.18. The highest BCUT2D eigenvalue weighted by atomic mass is 16.6. The highest BCUT2D eigenvalue weighted by Gasteiger charge is 2.12. The van der Waals surface area contributed by atoms with Gasteiger partial charge in [0.2, 0.25) is 0 Å². The van der Waals surface area contributed by atoms with Gasteiger partial charge in [0.25, 0.3) is 0 Å². The SMILES string of the molecule is CCC/C(=C/CON)C(CCNC)ON. The van der Waals surface area contributed by atoms with E-state index in [1.54, 1.807) is 0 Å². The zero-order valence-electron chi connectivity index (χ0n) is 9.66. The molecule has 5 nitrogen and oxygen atoms in total. The molecule has 90 valence electrons. The average molecular weight is 217 g/mol. The van der Waals surface area contributed by atoms with Crippen molar-refractivity contribution in [1.82, 2.24) is 5.32 Å². The smallest absolute Gasteiger partial charge is 0.101 e. The van der Waals surface area contributed by atoms with Crippen LogP contribution in [0.4, 0.5) is 0 Å². The number of rotatable bonds is 9. The molecule has 0 aromatic carbocycles. The van der Waals surface area contributed by atoms with E-state index in [2.05, 4.69) is 17.1 Å². The van der Waals surface area contributed by atoms with Crippen LogP contribution in [-0.4, -0.2) is 26.3 Å². The maximum atomic E-state index is 5.28. The summed E-state index contributed by atoms with van der Waals surface area (Å²) in [5, 5.41) is 3.07. The van der Waals surface area contributed by atoms with E-state index in [0.29, 0.717) is 6.61 Å². The van der Waals surface area contributed by atoms with Crippen molar-refractivity contribution in [2.75, 3.05) is 20.2 Å². The Kier molecular flexibility index (Phi) is 9.76. The molecule has 0 aliphatic heterocycles. The van der Waals surface area contributed by atoms with Crippen LogP contribution in [-0.2, 0) is 9.68 Å². The summed E-state index contributed by atoms with van der Waals surface area (Å²) in [5.74, 6) is 10.3. The van der Waals surface area contributed by atoms with Crippen molar-refractivity contribution in [1.29, 1.82) is 0 Å². The Morgan fingerprint density at radius 2 is 2.20 bits per heavy atom. The highest BCUT2D eigenvalue weighted by Crippen LogP contribution is 2.15. The highest BCUT2D eigenvalue weighted by molar-refractivity contribution is 5.08. The molecule has 5 heteroatoms. The molecule has 0 aliphatic rings. The van der Waals surface area contributed by atoms with Crippen LogP contribution in [0.25, 0.3) is 0 Å². The first-order valence-electron chi connectivity index (χ1n) is 5.30. The fourth-order valence-electron chi connectivity index (χ4n) is 1.45. The van der Waals surface area contributed by atoms with E-state index < -0.39 is 0 Å². The van der Waals surface area contributed by atoms with Crippen LogP contribution in [0.1, 0.15) is 26.2 Å².